The largest absolute Gasteiger partial charge is 0.398 e. The van der Waals surface area contributed by atoms with E-state index in [9.17, 15) is 0 Å². The molecule has 0 saturated heterocycles. The SMILES string of the molecule is Cc1cc([N+](C)(C)C)cc(C)c1N. The molecule has 1 aromatic rings. The summed E-state index contributed by atoms with van der Waals surface area (Å²) in [5.41, 5.74) is 10.4. The summed E-state index contributed by atoms with van der Waals surface area (Å²) in [5, 5.41) is 0. The van der Waals surface area contributed by atoms with Gasteiger partial charge >= 0.3 is 0 Å². The van der Waals surface area contributed by atoms with E-state index in [0.29, 0.717) is 0 Å². The van der Waals surface area contributed by atoms with Gasteiger partial charge in [-0.25, -0.2) is 0 Å². The van der Waals surface area contributed by atoms with Gasteiger partial charge < -0.3 is 5.73 Å². The van der Waals surface area contributed by atoms with Gasteiger partial charge in [-0.1, -0.05) is 0 Å². The van der Waals surface area contributed by atoms with Crippen LogP contribution in [0.25, 0.3) is 0 Å². The molecule has 0 fully saturated rings. The van der Waals surface area contributed by atoms with E-state index in [2.05, 4.69) is 47.1 Å². The molecule has 0 bridgehead atoms. The van der Waals surface area contributed by atoms with Crippen LogP contribution >= 0.6 is 0 Å². The molecule has 0 radical (unpaired) electrons. The molecule has 0 aromatic heterocycles. The first-order valence-electron chi connectivity index (χ1n) is 4.51. The summed E-state index contributed by atoms with van der Waals surface area (Å²) in [7, 11) is 6.47. The van der Waals surface area contributed by atoms with Crippen molar-refractivity contribution in [1.82, 2.24) is 4.48 Å². The monoisotopic (exact) mass is 179 g/mol. The molecule has 0 aliphatic carbocycles. The molecule has 2 nitrogen and oxygen atoms in total. The summed E-state index contributed by atoms with van der Waals surface area (Å²) in [6.45, 7) is 4.11. The molecule has 1 rings (SSSR count). The van der Waals surface area contributed by atoms with Crippen LogP contribution in [0.1, 0.15) is 11.1 Å². The third-order valence-corrected chi connectivity index (χ3v) is 2.35. The van der Waals surface area contributed by atoms with Crippen molar-refractivity contribution in [2.45, 2.75) is 13.8 Å². The van der Waals surface area contributed by atoms with Gasteiger partial charge in [0.2, 0.25) is 0 Å². The van der Waals surface area contributed by atoms with Crippen molar-refractivity contribution in [1.29, 1.82) is 0 Å². The number of quaternary nitrogens is 1. The summed E-state index contributed by atoms with van der Waals surface area (Å²) in [4.78, 5) is 0. The van der Waals surface area contributed by atoms with Gasteiger partial charge in [0, 0.05) is 17.8 Å². The van der Waals surface area contributed by atoms with Crippen molar-refractivity contribution in [3.8, 4) is 0 Å². The molecule has 0 atom stereocenters. The lowest BCUT2D eigenvalue weighted by molar-refractivity contribution is 0.486. The van der Waals surface area contributed by atoms with E-state index in [4.69, 9.17) is 5.73 Å². The first-order valence-corrected chi connectivity index (χ1v) is 4.51. The lowest BCUT2D eigenvalue weighted by Gasteiger charge is -2.24. The van der Waals surface area contributed by atoms with E-state index in [-0.39, 0.29) is 0 Å². The lowest BCUT2D eigenvalue weighted by atomic mass is 10.1. The highest BCUT2D eigenvalue weighted by Gasteiger charge is 2.14. The van der Waals surface area contributed by atoms with Gasteiger partial charge in [0.25, 0.3) is 0 Å². The molecule has 0 spiro atoms. The molecular formula is C11H19N2+. The van der Waals surface area contributed by atoms with Crippen molar-refractivity contribution in [3.05, 3.63) is 23.3 Å². The van der Waals surface area contributed by atoms with Gasteiger partial charge in [0.15, 0.2) is 0 Å². The van der Waals surface area contributed by atoms with Crippen molar-refractivity contribution < 1.29 is 0 Å². The minimum Gasteiger partial charge on any atom is -0.398 e. The first kappa shape index (κ1) is 10.1. The summed E-state index contributed by atoms with van der Waals surface area (Å²) in [6, 6.07) is 4.31. The zero-order valence-electron chi connectivity index (χ0n) is 9.18. The van der Waals surface area contributed by atoms with E-state index in [1.54, 1.807) is 0 Å². The van der Waals surface area contributed by atoms with E-state index in [0.717, 1.165) is 10.2 Å². The normalized spacial score (nSPS) is 11.8. The Balaban J connectivity index is 3.29. The van der Waals surface area contributed by atoms with Gasteiger partial charge in [-0.15, -0.1) is 0 Å². The Morgan fingerprint density at radius 3 is 1.69 bits per heavy atom. The maximum absolute atomic E-state index is 5.89. The van der Waals surface area contributed by atoms with Gasteiger partial charge in [-0.3, -0.25) is 4.48 Å². The number of hydrogen-bond acceptors (Lipinski definition) is 1. The van der Waals surface area contributed by atoms with Crippen molar-refractivity contribution in [3.63, 3.8) is 0 Å². The minimum absolute atomic E-state index is 0.835. The Kier molecular flexibility index (Phi) is 2.35. The van der Waals surface area contributed by atoms with Crippen molar-refractivity contribution in [2.75, 3.05) is 26.9 Å². The summed E-state index contributed by atoms with van der Waals surface area (Å²) in [5.74, 6) is 0. The number of benzene rings is 1. The van der Waals surface area contributed by atoms with E-state index >= 15 is 0 Å². The zero-order chi connectivity index (χ0) is 10.2. The molecule has 2 N–H and O–H groups in total. The van der Waals surface area contributed by atoms with Crippen LogP contribution in [0, 0.1) is 13.8 Å². The number of rotatable bonds is 1. The van der Waals surface area contributed by atoms with Crippen LogP contribution < -0.4 is 10.2 Å². The third kappa shape index (κ3) is 2.01. The predicted molar refractivity (Wildman–Crippen MR) is 59.9 cm³/mol. The second-order valence-electron chi connectivity index (χ2n) is 4.51. The molecule has 0 unspecified atom stereocenters. The van der Waals surface area contributed by atoms with Gasteiger partial charge in [0.05, 0.1) is 21.1 Å². The van der Waals surface area contributed by atoms with Crippen LogP contribution in [0.5, 0.6) is 0 Å². The predicted octanol–water partition coefficient (Wildman–Crippen LogP) is 2.08. The highest BCUT2D eigenvalue weighted by atomic mass is 15.3. The summed E-state index contributed by atoms with van der Waals surface area (Å²) >= 11 is 0. The first-order chi connectivity index (χ1) is 5.82. The standard InChI is InChI=1S/C11H19N2/c1-8-6-10(13(3,4)5)7-9(2)11(8)12/h6-7H,12H2,1-5H3/q+1. The van der Waals surface area contributed by atoms with Crippen LogP contribution in [-0.4, -0.2) is 21.1 Å². The lowest BCUT2D eigenvalue weighted by Crippen LogP contribution is -2.34. The molecule has 2 heteroatoms. The maximum atomic E-state index is 5.89. The minimum atomic E-state index is 0.835. The zero-order valence-corrected chi connectivity index (χ0v) is 9.18. The van der Waals surface area contributed by atoms with E-state index < -0.39 is 0 Å². The third-order valence-electron chi connectivity index (χ3n) is 2.35. The quantitative estimate of drug-likeness (QED) is 0.518. The van der Waals surface area contributed by atoms with E-state index in [1.807, 2.05) is 0 Å². The number of hydrogen-bond donors (Lipinski definition) is 1. The molecule has 0 heterocycles. The van der Waals surface area contributed by atoms with E-state index in [1.165, 1.54) is 16.8 Å². The second kappa shape index (κ2) is 3.04. The Labute approximate surface area is 80.6 Å². The number of anilines is 1. The van der Waals surface area contributed by atoms with Crippen molar-refractivity contribution >= 4 is 11.4 Å². The average Bonchev–Trinajstić information content (AvgIpc) is 1.97. The molecular weight excluding hydrogens is 160 g/mol. The average molecular weight is 179 g/mol. The van der Waals surface area contributed by atoms with Gasteiger partial charge in [-0.2, -0.15) is 0 Å². The Hall–Kier alpha value is -1.02. The Bertz CT molecular complexity index is 298. The molecule has 0 amide bonds. The number of aryl methyl sites for hydroxylation is 2. The topological polar surface area (TPSA) is 26.0 Å². The molecule has 0 aliphatic heterocycles. The fourth-order valence-electron chi connectivity index (χ4n) is 1.34. The maximum Gasteiger partial charge on any atom is 0.132 e. The molecule has 0 aliphatic rings. The Morgan fingerprint density at radius 2 is 1.38 bits per heavy atom. The number of nitrogens with zero attached hydrogens (tertiary/aromatic N) is 1. The molecule has 0 saturated carbocycles. The summed E-state index contributed by atoms with van der Waals surface area (Å²) < 4.78 is 0.835. The van der Waals surface area contributed by atoms with Crippen LogP contribution in [0.2, 0.25) is 0 Å². The molecule has 13 heavy (non-hydrogen) atoms. The second-order valence-corrected chi connectivity index (χ2v) is 4.51. The summed E-state index contributed by atoms with van der Waals surface area (Å²) in [6.07, 6.45) is 0. The fraction of sp³-hybridized carbons (Fsp3) is 0.455. The van der Waals surface area contributed by atoms with Crippen LogP contribution in [0.4, 0.5) is 11.4 Å². The highest BCUT2D eigenvalue weighted by molar-refractivity contribution is 5.60. The number of nitrogens with two attached hydrogens (primary N) is 1. The van der Waals surface area contributed by atoms with Crippen LogP contribution in [0.3, 0.4) is 0 Å². The van der Waals surface area contributed by atoms with Crippen LogP contribution in [0.15, 0.2) is 12.1 Å². The molecule has 72 valence electrons. The highest BCUT2D eigenvalue weighted by Crippen LogP contribution is 2.25. The van der Waals surface area contributed by atoms with Gasteiger partial charge in [-0.05, 0) is 25.0 Å². The van der Waals surface area contributed by atoms with Crippen LogP contribution in [-0.2, 0) is 0 Å². The van der Waals surface area contributed by atoms with Crippen molar-refractivity contribution in [2.24, 2.45) is 0 Å². The Morgan fingerprint density at radius 1 is 1.00 bits per heavy atom. The fourth-order valence-corrected chi connectivity index (χ4v) is 1.34. The van der Waals surface area contributed by atoms with Gasteiger partial charge in [0.1, 0.15) is 5.69 Å². The smallest absolute Gasteiger partial charge is 0.132 e. The molecule has 1 aromatic carbocycles. The number of nitrogen functional groups attached to an aromatic ring is 1.